The maximum Gasteiger partial charge on any atom is 0.184 e. The summed E-state index contributed by atoms with van der Waals surface area (Å²) in [6.07, 6.45) is 13.7. The zero-order valence-corrected chi connectivity index (χ0v) is 30.7. The lowest BCUT2D eigenvalue weighted by atomic mass is 9.37. The molecular weight excluding hydrogens is 600 g/mol. The van der Waals surface area contributed by atoms with Gasteiger partial charge in [-0.25, -0.2) is 0 Å². The highest BCUT2D eigenvalue weighted by Gasteiger charge is 2.74. The monoisotopic (exact) mass is 656 g/mol. The van der Waals surface area contributed by atoms with Crippen molar-refractivity contribution in [2.24, 2.45) is 22.2 Å². The van der Waals surface area contributed by atoms with E-state index in [1.165, 1.54) is 23.3 Å². The Morgan fingerprint density at radius 2 is 1.31 bits per heavy atom. The fourth-order valence-electron chi connectivity index (χ4n) is 7.46. The van der Waals surface area contributed by atoms with Gasteiger partial charge < -0.3 is 15.3 Å². The first-order chi connectivity index (χ1) is 22.3. The summed E-state index contributed by atoms with van der Waals surface area (Å²) in [5.41, 5.74) is 0.933. The van der Waals surface area contributed by atoms with Crippen molar-refractivity contribution in [3.05, 3.63) is 87.6 Å². The minimum atomic E-state index is -1.64. The highest BCUT2D eigenvalue weighted by atomic mass is 16.3. The minimum absolute atomic E-state index is 0.0154. The molecule has 260 valence electrons. The van der Waals surface area contributed by atoms with Crippen molar-refractivity contribution in [1.29, 1.82) is 0 Å². The molecule has 0 spiro atoms. The van der Waals surface area contributed by atoms with Gasteiger partial charge in [0.05, 0.1) is 5.41 Å². The number of aliphatic hydroxyl groups excluding tert-OH is 1. The van der Waals surface area contributed by atoms with Crippen molar-refractivity contribution in [3.63, 3.8) is 0 Å². The number of aliphatic hydroxyl groups is 1. The first-order valence-corrected chi connectivity index (χ1v) is 17.1. The highest BCUT2D eigenvalue weighted by molar-refractivity contribution is 6.41. The largest absolute Gasteiger partial charge is 0.506 e. The third-order valence-corrected chi connectivity index (χ3v) is 10.5. The number of allylic oxidation sites excluding steroid dienone is 11. The molecule has 3 N–H and O–H groups in total. The van der Waals surface area contributed by atoms with E-state index in [1.807, 2.05) is 60.6 Å². The lowest BCUT2D eigenvalue weighted by molar-refractivity contribution is -0.177. The Morgan fingerprint density at radius 1 is 0.750 bits per heavy atom. The number of phenolic OH excluding ortho intramolecular Hbond substituents is 2. The van der Waals surface area contributed by atoms with Crippen LogP contribution in [-0.4, -0.2) is 32.7 Å². The molecule has 0 amide bonds. The SMILES string of the molecule is CC(C)=CCC/C(C)=C/C[C@@H]1C[C@@]2(CC=C(C)C)C(=O)/C(=C(\O)c3ccc(O)c(O)c3)C(=O)[C@@](CC=C(C)C)(C2=O)[C@@]1(C)CC=C(C)C. The first-order valence-electron chi connectivity index (χ1n) is 17.1. The second-order valence-electron chi connectivity index (χ2n) is 15.3. The molecule has 0 unspecified atom stereocenters. The van der Waals surface area contributed by atoms with Crippen LogP contribution in [0.5, 0.6) is 11.5 Å². The highest BCUT2D eigenvalue weighted by Crippen LogP contribution is 2.67. The number of carbonyl (C=O) groups is 3. The van der Waals surface area contributed by atoms with Gasteiger partial charge in [-0.2, -0.15) is 0 Å². The van der Waals surface area contributed by atoms with Crippen LogP contribution in [0.25, 0.3) is 5.76 Å². The molecule has 6 heteroatoms. The Morgan fingerprint density at radius 3 is 1.88 bits per heavy atom. The maximum atomic E-state index is 15.3. The number of hydrogen-bond donors (Lipinski definition) is 3. The maximum absolute atomic E-state index is 15.3. The molecule has 2 aliphatic carbocycles. The van der Waals surface area contributed by atoms with E-state index in [0.29, 0.717) is 12.8 Å². The number of hydrogen-bond acceptors (Lipinski definition) is 6. The molecule has 2 saturated carbocycles. The van der Waals surface area contributed by atoms with E-state index < -0.39 is 50.6 Å². The van der Waals surface area contributed by atoms with Gasteiger partial charge in [-0.05, 0) is 137 Å². The smallest absolute Gasteiger partial charge is 0.184 e. The Labute approximate surface area is 287 Å². The van der Waals surface area contributed by atoms with Crippen molar-refractivity contribution in [3.8, 4) is 11.5 Å². The number of aromatic hydroxyl groups is 2. The van der Waals surface area contributed by atoms with Gasteiger partial charge in [0.25, 0.3) is 0 Å². The summed E-state index contributed by atoms with van der Waals surface area (Å²) in [5, 5.41) is 32.0. The molecular formula is C42H56O6. The number of Topliss-reactive ketones (excluding diaryl/α,β-unsaturated/α-hetero) is 3. The number of ketones is 3. The molecule has 0 saturated heterocycles. The molecule has 1 aromatic rings. The van der Waals surface area contributed by atoms with E-state index in [4.69, 9.17) is 0 Å². The Balaban J connectivity index is 2.45. The second kappa shape index (κ2) is 15.1. The van der Waals surface area contributed by atoms with E-state index >= 15 is 9.59 Å². The molecule has 2 aliphatic rings. The van der Waals surface area contributed by atoms with Gasteiger partial charge in [-0.1, -0.05) is 65.2 Å². The van der Waals surface area contributed by atoms with Crippen LogP contribution in [0.4, 0.5) is 0 Å². The zero-order chi connectivity index (χ0) is 36.2. The number of rotatable bonds is 12. The molecule has 3 rings (SSSR count). The quantitative estimate of drug-likeness (QED) is 0.0515. The molecule has 0 aromatic heterocycles. The van der Waals surface area contributed by atoms with E-state index in [0.717, 1.165) is 35.6 Å². The molecule has 6 nitrogen and oxygen atoms in total. The average Bonchev–Trinajstić information content (AvgIpc) is 2.99. The van der Waals surface area contributed by atoms with Gasteiger partial charge >= 0.3 is 0 Å². The van der Waals surface area contributed by atoms with E-state index in [2.05, 4.69) is 39.0 Å². The van der Waals surface area contributed by atoms with Crippen molar-refractivity contribution in [2.75, 3.05) is 0 Å². The molecule has 1 aromatic carbocycles. The van der Waals surface area contributed by atoms with Crippen LogP contribution in [0.1, 0.15) is 120 Å². The van der Waals surface area contributed by atoms with Crippen LogP contribution in [-0.2, 0) is 14.4 Å². The van der Waals surface area contributed by atoms with Crippen LogP contribution in [0.3, 0.4) is 0 Å². The van der Waals surface area contributed by atoms with Gasteiger partial charge in [0, 0.05) is 5.56 Å². The molecule has 2 bridgehead atoms. The zero-order valence-electron chi connectivity index (χ0n) is 30.7. The fraction of sp³-hybridized carbons (Fsp3) is 0.500. The minimum Gasteiger partial charge on any atom is -0.506 e. The van der Waals surface area contributed by atoms with Crippen LogP contribution >= 0.6 is 0 Å². The van der Waals surface area contributed by atoms with Gasteiger partial charge in [-0.15, -0.1) is 0 Å². The molecule has 2 fully saturated rings. The molecule has 0 radical (unpaired) electrons. The van der Waals surface area contributed by atoms with Crippen LogP contribution in [0, 0.1) is 22.2 Å². The van der Waals surface area contributed by atoms with Crippen LogP contribution in [0.15, 0.2) is 82.0 Å². The lowest BCUT2D eigenvalue weighted by Crippen LogP contribution is -2.70. The van der Waals surface area contributed by atoms with Crippen LogP contribution in [0.2, 0.25) is 0 Å². The normalized spacial score (nSPS) is 26.5. The second-order valence-corrected chi connectivity index (χ2v) is 15.3. The van der Waals surface area contributed by atoms with Gasteiger partial charge in [0.15, 0.2) is 28.8 Å². The summed E-state index contributed by atoms with van der Waals surface area (Å²) in [6.45, 7) is 20.0. The predicted octanol–water partition coefficient (Wildman–Crippen LogP) is 10.2. The summed E-state index contributed by atoms with van der Waals surface area (Å²) in [6, 6.07) is 3.68. The van der Waals surface area contributed by atoms with Gasteiger partial charge in [0.1, 0.15) is 16.7 Å². The van der Waals surface area contributed by atoms with E-state index in [1.54, 1.807) is 0 Å². The number of phenols is 2. The summed E-state index contributed by atoms with van der Waals surface area (Å²) >= 11 is 0. The Bertz CT molecular complexity index is 1630. The summed E-state index contributed by atoms with van der Waals surface area (Å²) in [4.78, 5) is 45.4. The molecule has 0 aliphatic heterocycles. The number of fused-ring (bicyclic) bond motifs is 2. The number of benzene rings is 1. The lowest BCUT2D eigenvalue weighted by Gasteiger charge is -2.61. The van der Waals surface area contributed by atoms with Crippen molar-refractivity contribution >= 4 is 23.1 Å². The Hall–Kier alpha value is -3.93. The molecule has 4 atom stereocenters. The van der Waals surface area contributed by atoms with E-state index in [9.17, 15) is 20.1 Å². The summed E-state index contributed by atoms with van der Waals surface area (Å²) < 4.78 is 0. The molecule has 0 heterocycles. The van der Waals surface area contributed by atoms with E-state index in [-0.39, 0.29) is 36.5 Å². The van der Waals surface area contributed by atoms with Gasteiger partial charge in [-0.3, -0.25) is 14.4 Å². The van der Waals surface area contributed by atoms with Crippen molar-refractivity contribution in [2.45, 2.75) is 114 Å². The third kappa shape index (κ3) is 7.38. The Kier molecular flexibility index (Phi) is 12.1. The predicted molar refractivity (Wildman–Crippen MR) is 195 cm³/mol. The topological polar surface area (TPSA) is 112 Å². The standard InChI is InChI=1S/C42H56O6/c1-26(2)12-11-13-30(9)14-16-32-25-41(22-19-28(5)6)37(46)35(36(45)31-15-17-33(43)34(44)24-31)38(47)42(39(41)48,23-20-29(7)8)40(32,10)21-18-27(3)4/h12,14-15,17-20,24,32,43-45H,11,13,16,21-23,25H2,1-10H3/b30-14+,36-35+/t32-,40+,41+,42+/m1/s1. The van der Waals surface area contributed by atoms with Crippen LogP contribution < -0.4 is 0 Å². The summed E-state index contributed by atoms with van der Waals surface area (Å²) in [7, 11) is 0. The third-order valence-electron chi connectivity index (χ3n) is 10.5. The number of carbonyl (C=O) groups excluding carboxylic acids is 3. The van der Waals surface area contributed by atoms with Crippen molar-refractivity contribution in [1.82, 2.24) is 0 Å². The van der Waals surface area contributed by atoms with Gasteiger partial charge in [0.2, 0.25) is 0 Å². The molecule has 48 heavy (non-hydrogen) atoms. The fourth-order valence-corrected chi connectivity index (χ4v) is 7.46. The average molecular weight is 657 g/mol. The van der Waals surface area contributed by atoms with Crippen molar-refractivity contribution < 1.29 is 29.7 Å². The summed E-state index contributed by atoms with van der Waals surface area (Å²) in [5.74, 6) is -3.39. The first kappa shape index (κ1) is 38.5.